The zero-order valence-corrected chi connectivity index (χ0v) is 7.70. The first-order chi connectivity index (χ1) is 5.26. The maximum absolute atomic E-state index is 5.17. The second-order valence-corrected chi connectivity index (χ2v) is 2.36. The fraction of sp³-hybridized carbons (Fsp3) is 0.667. The number of allylic oxidation sites excluding steroid dienone is 1. The van der Waals surface area contributed by atoms with Crippen LogP contribution in [0, 0.1) is 6.42 Å². The average Bonchev–Trinajstić information content (AvgIpc) is 2.05. The summed E-state index contributed by atoms with van der Waals surface area (Å²) < 4.78 is 10.3. The standard InChI is InChI=1S/C9H17O2/c1-5-6-7-9(11-4)8(2)10-3/h5-9H,1-4H3. The van der Waals surface area contributed by atoms with Crippen molar-refractivity contribution in [2.75, 3.05) is 14.2 Å². The molecule has 0 N–H and O–H groups in total. The van der Waals surface area contributed by atoms with Gasteiger partial charge in [0.15, 0.2) is 0 Å². The van der Waals surface area contributed by atoms with Crippen LogP contribution < -0.4 is 0 Å². The van der Waals surface area contributed by atoms with Gasteiger partial charge in [0.1, 0.15) is 0 Å². The minimum atomic E-state index is 0.0520. The molecule has 0 rings (SSSR count). The lowest BCUT2D eigenvalue weighted by molar-refractivity contribution is -0.00665. The minimum Gasteiger partial charge on any atom is -0.379 e. The summed E-state index contributed by atoms with van der Waals surface area (Å²) in [6.07, 6.45) is 6.07. The molecule has 0 aliphatic heterocycles. The Bertz CT molecular complexity index is 110. The Kier molecular flexibility index (Phi) is 6.18. The normalized spacial score (nSPS) is 17.1. The summed E-state index contributed by atoms with van der Waals surface area (Å²) in [5.41, 5.74) is 0. The van der Waals surface area contributed by atoms with E-state index in [1.54, 1.807) is 14.2 Å². The molecule has 0 aromatic carbocycles. The third-order valence-corrected chi connectivity index (χ3v) is 1.60. The summed E-state index contributed by atoms with van der Waals surface area (Å²) in [7, 11) is 3.36. The molecule has 2 heteroatoms. The van der Waals surface area contributed by atoms with E-state index < -0.39 is 0 Å². The third-order valence-electron chi connectivity index (χ3n) is 1.60. The molecule has 0 aliphatic rings. The van der Waals surface area contributed by atoms with Crippen LogP contribution in [0.1, 0.15) is 13.8 Å². The van der Waals surface area contributed by atoms with E-state index in [0.29, 0.717) is 0 Å². The van der Waals surface area contributed by atoms with E-state index in [-0.39, 0.29) is 12.2 Å². The van der Waals surface area contributed by atoms with E-state index in [1.807, 2.05) is 32.4 Å². The molecular weight excluding hydrogens is 140 g/mol. The summed E-state index contributed by atoms with van der Waals surface area (Å²) >= 11 is 0. The first-order valence-corrected chi connectivity index (χ1v) is 3.78. The number of hydrogen-bond donors (Lipinski definition) is 0. The molecule has 0 saturated carbocycles. The van der Waals surface area contributed by atoms with Gasteiger partial charge in [0.25, 0.3) is 0 Å². The fourth-order valence-corrected chi connectivity index (χ4v) is 0.781. The Morgan fingerprint density at radius 2 is 1.82 bits per heavy atom. The van der Waals surface area contributed by atoms with Crippen molar-refractivity contribution >= 4 is 0 Å². The first-order valence-electron chi connectivity index (χ1n) is 3.78. The molecule has 2 nitrogen and oxygen atoms in total. The highest BCUT2D eigenvalue weighted by Crippen LogP contribution is 2.05. The van der Waals surface area contributed by atoms with Gasteiger partial charge in [-0.05, 0) is 13.8 Å². The topological polar surface area (TPSA) is 18.5 Å². The van der Waals surface area contributed by atoms with Crippen molar-refractivity contribution in [1.29, 1.82) is 0 Å². The predicted molar refractivity (Wildman–Crippen MR) is 46.4 cm³/mol. The van der Waals surface area contributed by atoms with Crippen LogP contribution >= 0.6 is 0 Å². The fourth-order valence-electron chi connectivity index (χ4n) is 0.781. The zero-order chi connectivity index (χ0) is 8.69. The molecule has 1 radical (unpaired) electrons. The first kappa shape index (κ1) is 10.7. The van der Waals surface area contributed by atoms with Crippen molar-refractivity contribution in [3.05, 3.63) is 18.6 Å². The van der Waals surface area contributed by atoms with Crippen molar-refractivity contribution in [2.24, 2.45) is 0 Å². The van der Waals surface area contributed by atoms with E-state index in [4.69, 9.17) is 9.47 Å². The van der Waals surface area contributed by atoms with Crippen molar-refractivity contribution in [3.63, 3.8) is 0 Å². The Balaban J connectivity index is 3.74. The van der Waals surface area contributed by atoms with Gasteiger partial charge in [-0.15, -0.1) is 0 Å². The Morgan fingerprint density at radius 3 is 2.18 bits per heavy atom. The number of rotatable bonds is 5. The lowest BCUT2D eigenvalue weighted by Crippen LogP contribution is -2.26. The molecule has 65 valence electrons. The Hall–Kier alpha value is -0.340. The third kappa shape index (κ3) is 4.17. The van der Waals surface area contributed by atoms with Crippen LogP contribution in [0.3, 0.4) is 0 Å². The van der Waals surface area contributed by atoms with Crippen LogP contribution in [0.2, 0.25) is 0 Å². The quantitative estimate of drug-likeness (QED) is 0.606. The zero-order valence-electron chi connectivity index (χ0n) is 7.70. The van der Waals surface area contributed by atoms with Gasteiger partial charge in [0.05, 0.1) is 12.2 Å². The molecule has 0 aliphatic carbocycles. The Labute approximate surface area is 69.2 Å². The van der Waals surface area contributed by atoms with Gasteiger partial charge in [-0.2, -0.15) is 0 Å². The van der Waals surface area contributed by atoms with E-state index >= 15 is 0 Å². The van der Waals surface area contributed by atoms with Crippen molar-refractivity contribution in [3.8, 4) is 0 Å². The number of ether oxygens (including phenoxy) is 2. The lowest BCUT2D eigenvalue weighted by Gasteiger charge is -2.19. The largest absolute Gasteiger partial charge is 0.379 e. The highest BCUT2D eigenvalue weighted by atomic mass is 16.5. The number of hydrogen-bond acceptors (Lipinski definition) is 2. The van der Waals surface area contributed by atoms with Gasteiger partial charge in [-0.1, -0.05) is 12.2 Å². The van der Waals surface area contributed by atoms with Gasteiger partial charge in [-0.25, -0.2) is 0 Å². The summed E-state index contributed by atoms with van der Waals surface area (Å²) in [4.78, 5) is 0. The second kappa shape index (κ2) is 6.38. The highest BCUT2D eigenvalue weighted by molar-refractivity contribution is 4.99. The summed E-state index contributed by atoms with van der Waals surface area (Å²) in [6.45, 7) is 3.95. The predicted octanol–water partition coefficient (Wildman–Crippen LogP) is 1.82. The van der Waals surface area contributed by atoms with Gasteiger partial charge in [0, 0.05) is 20.6 Å². The van der Waals surface area contributed by atoms with Crippen molar-refractivity contribution < 1.29 is 9.47 Å². The molecular formula is C9H17O2. The smallest absolute Gasteiger partial charge is 0.0898 e. The maximum atomic E-state index is 5.17. The molecule has 0 fully saturated rings. The molecule has 0 aromatic heterocycles. The lowest BCUT2D eigenvalue weighted by atomic mass is 10.1. The molecule has 0 bridgehead atoms. The second-order valence-electron chi connectivity index (χ2n) is 2.36. The van der Waals surface area contributed by atoms with E-state index in [2.05, 4.69) is 0 Å². The van der Waals surface area contributed by atoms with E-state index in [1.165, 1.54) is 0 Å². The average molecular weight is 157 g/mol. The molecule has 0 saturated heterocycles. The summed E-state index contributed by atoms with van der Waals surface area (Å²) in [5.74, 6) is 0. The van der Waals surface area contributed by atoms with Gasteiger partial charge in [-0.3, -0.25) is 0 Å². The Morgan fingerprint density at radius 1 is 1.18 bits per heavy atom. The summed E-state index contributed by atoms with van der Waals surface area (Å²) in [6, 6.07) is 0. The van der Waals surface area contributed by atoms with Gasteiger partial charge >= 0.3 is 0 Å². The van der Waals surface area contributed by atoms with Crippen LogP contribution in [0.4, 0.5) is 0 Å². The maximum Gasteiger partial charge on any atom is 0.0898 e. The minimum absolute atomic E-state index is 0.0520. The van der Waals surface area contributed by atoms with Crippen molar-refractivity contribution in [2.45, 2.75) is 26.1 Å². The highest BCUT2D eigenvalue weighted by Gasteiger charge is 2.13. The van der Waals surface area contributed by atoms with Crippen LogP contribution in [-0.4, -0.2) is 26.4 Å². The molecule has 0 heterocycles. The van der Waals surface area contributed by atoms with Crippen LogP contribution in [0.15, 0.2) is 12.2 Å². The van der Waals surface area contributed by atoms with Crippen LogP contribution in [0.25, 0.3) is 0 Å². The van der Waals surface area contributed by atoms with Crippen LogP contribution in [0.5, 0.6) is 0 Å². The van der Waals surface area contributed by atoms with E-state index in [9.17, 15) is 0 Å². The monoisotopic (exact) mass is 157 g/mol. The number of methoxy groups -OCH3 is 2. The molecule has 0 aromatic rings. The molecule has 11 heavy (non-hydrogen) atoms. The van der Waals surface area contributed by atoms with Gasteiger partial charge in [0.2, 0.25) is 0 Å². The SMILES string of the molecule is CC=C[CH]C(OC)C(C)OC. The van der Waals surface area contributed by atoms with Crippen molar-refractivity contribution in [1.82, 2.24) is 0 Å². The molecule has 0 amide bonds. The molecule has 0 spiro atoms. The van der Waals surface area contributed by atoms with Gasteiger partial charge < -0.3 is 9.47 Å². The molecule has 2 unspecified atom stereocenters. The molecule has 2 atom stereocenters. The van der Waals surface area contributed by atoms with E-state index in [0.717, 1.165) is 0 Å². The summed E-state index contributed by atoms with van der Waals surface area (Å²) in [5, 5.41) is 0. The van der Waals surface area contributed by atoms with Crippen LogP contribution in [-0.2, 0) is 9.47 Å².